The van der Waals surface area contributed by atoms with Gasteiger partial charge in [-0.05, 0) is 42.7 Å². The lowest BCUT2D eigenvalue weighted by Gasteiger charge is -2.14. The molecule has 1 unspecified atom stereocenters. The molecule has 1 fully saturated rings. The Morgan fingerprint density at radius 2 is 2.07 bits per heavy atom. The zero-order chi connectivity index (χ0) is 19.5. The highest BCUT2D eigenvalue weighted by molar-refractivity contribution is 8.12. The second-order valence-corrected chi connectivity index (χ2v) is 8.56. The Morgan fingerprint density at radius 3 is 2.86 bits per heavy atom. The zero-order valence-electron chi connectivity index (χ0n) is 15.3. The summed E-state index contributed by atoms with van der Waals surface area (Å²) in [6.45, 7) is 0. The van der Waals surface area contributed by atoms with Crippen molar-refractivity contribution in [3.05, 3.63) is 60.2 Å². The third-order valence-corrected chi connectivity index (χ3v) is 6.52. The lowest BCUT2D eigenvalue weighted by molar-refractivity contribution is 0.412. The number of thiol groups is 1. The summed E-state index contributed by atoms with van der Waals surface area (Å²) in [5, 5.41) is 3.67. The van der Waals surface area contributed by atoms with Gasteiger partial charge >= 0.3 is 0 Å². The number of hydrogen-bond donors (Lipinski definition) is 3. The Balaban J connectivity index is 1.54. The van der Waals surface area contributed by atoms with Crippen molar-refractivity contribution in [3.8, 4) is 17.1 Å². The zero-order valence-corrected chi connectivity index (χ0v) is 16.2. The van der Waals surface area contributed by atoms with Crippen molar-refractivity contribution in [1.82, 2.24) is 15.0 Å². The van der Waals surface area contributed by atoms with Crippen LogP contribution >= 0.6 is 11.2 Å². The van der Waals surface area contributed by atoms with E-state index < -0.39 is 11.2 Å². The van der Waals surface area contributed by atoms with Crippen molar-refractivity contribution < 1.29 is 13.7 Å². The molecule has 3 aromatic rings. The lowest BCUT2D eigenvalue weighted by Crippen LogP contribution is -2.01. The van der Waals surface area contributed by atoms with E-state index in [0.29, 0.717) is 34.1 Å². The maximum atomic E-state index is 13.4. The van der Waals surface area contributed by atoms with Gasteiger partial charge in [-0.25, -0.2) is 14.4 Å². The maximum absolute atomic E-state index is 13.4. The third kappa shape index (κ3) is 4.40. The van der Waals surface area contributed by atoms with Crippen LogP contribution in [0.2, 0.25) is 0 Å². The molecule has 8 heteroatoms. The summed E-state index contributed by atoms with van der Waals surface area (Å²) >= 11 is -0.934. The Labute approximate surface area is 165 Å². The number of hydrogen-bond acceptors (Lipinski definition) is 6. The summed E-state index contributed by atoms with van der Waals surface area (Å²) in [6.07, 6.45) is 3.68. The number of methoxy groups -OCH3 is 1. The van der Waals surface area contributed by atoms with Gasteiger partial charge in [0.05, 0.1) is 12.7 Å². The lowest BCUT2D eigenvalue weighted by atomic mass is 10.2. The fourth-order valence-corrected chi connectivity index (χ4v) is 4.48. The van der Waals surface area contributed by atoms with Crippen LogP contribution in [0.4, 0.5) is 16.0 Å². The van der Waals surface area contributed by atoms with Crippen LogP contribution in [0.1, 0.15) is 18.4 Å². The van der Waals surface area contributed by atoms with Crippen molar-refractivity contribution in [2.45, 2.75) is 23.8 Å². The average Bonchev–Trinajstić information content (AvgIpc) is 3.54. The first-order valence-electron chi connectivity index (χ1n) is 8.97. The summed E-state index contributed by atoms with van der Waals surface area (Å²) in [4.78, 5) is 12.8. The summed E-state index contributed by atoms with van der Waals surface area (Å²) in [5.41, 5.74) is 2.50. The fraction of sp³-hybridized carbons (Fsp3) is 0.250. The van der Waals surface area contributed by atoms with Crippen LogP contribution in [0.3, 0.4) is 0 Å². The van der Waals surface area contributed by atoms with Crippen LogP contribution in [-0.4, -0.2) is 31.9 Å². The van der Waals surface area contributed by atoms with Gasteiger partial charge in [-0.2, -0.15) is 4.98 Å². The van der Waals surface area contributed by atoms with Gasteiger partial charge in [0.1, 0.15) is 17.9 Å². The largest absolute Gasteiger partial charge is 0.496 e. The first-order valence-corrected chi connectivity index (χ1v) is 10.5. The van der Waals surface area contributed by atoms with Gasteiger partial charge in [-0.15, -0.1) is 11.2 Å². The standard InChI is InChI=1S/C20H21FN4O2S/c1-27-18-10-14(21)5-8-17(18)19-22-12-23-20(25-19)24-15-4-2-3-13(9-15)11-28(26)16-6-7-16/h2-5,8-10,12,16,26,28H,6-7,11H2,1H3,(H,22,23,24,25). The van der Waals surface area contributed by atoms with E-state index in [1.165, 1.54) is 25.6 Å². The molecule has 1 aliphatic carbocycles. The van der Waals surface area contributed by atoms with Crippen molar-refractivity contribution >= 4 is 22.8 Å². The molecule has 0 aliphatic heterocycles. The molecule has 1 aromatic heterocycles. The summed E-state index contributed by atoms with van der Waals surface area (Å²) in [5.74, 6) is 1.43. The molecule has 0 amide bonds. The van der Waals surface area contributed by atoms with Gasteiger partial charge in [0.15, 0.2) is 5.82 Å². The second-order valence-electron chi connectivity index (χ2n) is 6.63. The van der Waals surface area contributed by atoms with Gasteiger partial charge in [-0.3, -0.25) is 0 Å². The molecule has 1 atom stereocenters. The van der Waals surface area contributed by atoms with Crippen LogP contribution in [0.25, 0.3) is 11.4 Å². The molecule has 1 saturated carbocycles. The first kappa shape index (κ1) is 18.6. The fourth-order valence-electron chi connectivity index (χ4n) is 2.90. The summed E-state index contributed by atoms with van der Waals surface area (Å²) in [7, 11) is 1.47. The summed E-state index contributed by atoms with van der Waals surface area (Å²) in [6, 6.07) is 12.1. The number of halogens is 1. The molecule has 2 aromatic carbocycles. The molecule has 4 rings (SSSR count). The highest BCUT2D eigenvalue weighted by Crippen LogP contribution is 2.45. The Kier molecular flexibility index (Phi) is 5.40. The normalized spacial score (nSPS) is 15.2. The number of nitrogens with one attached hydrogen (secondary N) is 1. The van der Waals surface area contributed by atoms with E-state index in [1.54, 1.807) is 6.07 Å². The van der Waals surface area contributed by atoms with E-state index in [4.69, 9.17) is 4.74 Å². The SMILES string of the molecule is COc1cc(F)ccc1-c1ncnc(Nc2cccc(C[SH](O)C3CC3)c2)n1. The quantitative estimate of drug-likeness (QED) is 0.504. The average molecular weight is 400 g/mol. The van der Waals surface area contributed by atoms with Crippen LogP contribution in [0.15, 0.2) is 48.8 Å². The van der Waals surface area contributed by atoms with Crippen molar-refractivity contribution in [2.24, 2.45) is 0 Å². The minimum Gasteiger partial charge on any atom is -0.496 e. The smallest absolute Gasteiger partial charge is 0.230 e. The topological polar surface area (TPSA) is 80.2 Å². The monoisotopic (exact) mass is 400 g/mol. The number of anilines is 2. The maximum Gasteiger partial charge on any atom is 0.230 e. The number of aromatic nitrogens is 3. The summed E-state index contributed by atoms with van der Waals surface area (Å²) < 4.78 is 28.9. The van der Waals surface area contributed by atoms with E-state index in [-0.39, 0.29) is 5.82 Å². The molecule has 0 saturated heterocycles. The number of ether oxygens (including phenoxy) is 1. The van der Waals surface area contributed by atoms with Gasteiger partial charge in [-0.1, -0.05) is 12.1 Å². The van der Waals surface area contributed by atoms with Gasteiger partial charge in [0, 0.05) is 22.8 Å². The number of rotatable bonds is 7. The Morgan fingerprint density at radius 1 is 1.21 bits per heavy atom. The van der Waals surface area contributed by atoms with E-state index in [1.807, 2.05) is 24.3 Å². The van der Waals surface area contributed by atoms with Crippen LogP contribution in [-0.2, 0) is 5.75 Å². The van der Waals surface area contributed by atoms with Crippen molar-refractivity contribution in [3.63, 3.8) is 0 Å². The molecule has 2 N–H and O–H groups in total. The first-order chi connectivity index (χ1) is 13.6. The van der Waals surface area contributed by atoms with Crippen LogP contribution in [0.5, 0.6) is 5.75 Å². The highest BCUT2D eigenvalue weighted by atomic mass is 32.2. The Hall–Kier alpha value is -2.71. The molecule has 1 aliphatic rings. The predicted octanol–water partition coefficient (Wildman–Crippen LogP) is 4.57. The van der Waals surface area contributed by atoms with E-state index in [2.05, 4.69) is 20.3 Å². The minimum absolute atomic E-state index is 0.357. The van der Waals surface area contributed by atoms with Crippen LogP contribution < -0.4 is 10.1 Å². The number of benzene rings is 2. The molecule has 28 heavy (non-hydrogen) atoms. The third-order valence-electron chi connectivity index (χ3n) is 4.47. The van der Waals surface area contributed by atoms with Gasteiger partial charge in [0.2, 0.25) is 5.95 Å². The molecule has 1 heterocycles. The molecular weight excluding hydrogens is 379 g/mol. The van der Waals surface area contributed by atoms with Crippen molar-refractivity contribution in [2.75, 3.05) is 12.4 Å². The van der Waals surface area contributed by atoms with E-state index in [0.717, 1.165) is 24.1 Å². The van der Waals surface area contributed by atoms with Gasteiger partial charge < -0.3 is 14.6 Å². The highest BCUT2D eigenvalue weighted by Gasteiger charge is 2.27. The van der Waals surface area contributed by atoms with Gasteiger partial charge in [0.25, 0.3) is 0 Å². The molecule has 0 spiro atoms. The van der Waals surface area contributed by atoms with Crippen LogP contribution in [0, 0.1) is 5.82 Å². The number of nitrogens with zero attached hydrogens (tertiary/aromatic N) is 3. The van der Waals surface area contributed by atoms with E-state index in [9.17, 15) is 8.94 Å². The molecule has 6 nitrogen and oxygen atoms in total. The van der Waals surface area contributed by atoms with E-state index >= 15 is 0 Å². The van der Waals surface area contributed by atoms with Crippen molar-refractivity contribution in [1.29, 1.82) is 0 Å². The molecule has 0 radical (unpaired) electrons. The Bertz CT molecular complexity index is 984. The second kappa shape index (κ2) is 8.12. The molecular formula is C20H21FN4O2S. The molecule has 146 valence electrons. The molecule has 0 bridgehead atoms. The predicted molar refractivity (Wildman–Crippen MR) is 110 cm³/mol. The minimum atomic E-state index is -0.934.